The molecule has 0 bridgehead atoms. The third kappa shape index (κ3) is 5.15. The predicted molar refractivity (Wildman–Crippen MR) is 112 cm³/mol. The number of amides is 1. The Kier molecular flexibility index (Phi) is 6.56. The van der Waals surface area contributed by atoms with Gasteiger partial charge in [0.05, 0.1) is 5.75 Å². The lowest BCUT2D eigenvalue weighted by Gasteiger charge is -2.26. The normalized spacial score (nSPS) is 15.9. The number of carbonyl (C=O) groups excluding carboxylic acids is 1. The Bertz CT molecular complexity index is 781. The molecule has 27 heavy (non-hydrogen) atoms. The number of hydrazine groups is 1. The summed E-state index contributed by atoms with van der Waals surface area (Å²) >= 11 is 1.44. The van der Waals surface area contributed by atoms with Crippen LogP contribution >= 0.6 is 11.8 Å². The van der Waals surface area contributed by atoms with Crippen LogP contribution in [0.2, 0.25) is 0 Å². The zero-order valence-corrected chi connectivity index (χ0v) is 16.0. The van der Waals surface area contributed by atoms with E-state index >= 15 is 0 Å². The molecule has 1 aliphatic rings. The van der Waals surface area contributed by atoms with Gasteiger partial charge in [-0.05, 0) is 31.2 Å². The number of aryl methyl sites for hydroxylation is 1. The number of benzene rings is 2. The molecule has 0 saturated carbocycles. The summed E-state index contributed by atoms with van der Waals surface area (Å²) in [5.74, 6) is 6.13. The Morgan fingerprint density at radius 3 is 2.67 bits per heavy atom. The van der Waals surface area contributed by atoms with E-state index in [0.29, 0.717) is 0 Å². The maximum absolute atomic E-state index is 11.5. The van der Waals surface area contributed by atoms with Gasteiger partial charge in [0.15, 0.2) is 5.50 Å². The number of nitrogens with two attached hydrogens (primary N) is 1. The number of hydrogen-bond donors (Lipinski definition) is 4. The molecule has 5 N–H and O–H groups in total. The van der Waals surface area contributed by atoms with E-state index in [1.54, 1.807) is 0 Å². The van der Waals surface area contributed by atoms with Crippen LogP contribution in [0.15, 0.2) is 59.7 Å². The van der Waals surface area contributed by atoms with Crippen LogP contribution in [0.3, 0.4) is 0 Å². The number of thioether (sulfide) groups is 1. The Balaban J connectivity index is 1.63. The molecule has 0 fully saturated rings. The fourth-order valence-electron chi connectivity index (χ4n) is 2.72. The van der Waals surface area contributed by atoms with Gasteiger partial charge in [0.25, 0.3) is 0 Å². The van der Waals surface area contributed by atoms with Crippen molar-refractivity contribution >= 4 is 34.9 Å². The minimum Gasteiger partial charge on any atom is -0.385 e. The van der Waals surface area contributed by atoms with Crippen molar-refractivity contribution in [2.24, 2.45) is 10.9 Å². The Morgan fingerprint density at radius 1 is 1.22 bits per heavy atom. The van der Waals surface area contributed by atoms with Gasteiger partial charge in [-0.15, -0.1) is 11.8 Å². The van der Waals surface area contributed by atoms with Crippen LogP contribution < -0.4 is 26.9 Å². The van der Waals surface area contributed by atoms with E-state index < -0.39 is 0 Å². The zero-order valence-electron chi connectivity index (χ0n) is 15.2. The molecule has 3 rings (SSSR count). The van der Waals surface area contributed by atoms with Crippen molar-refractivity contribution in [3.05, 3.63) is 60.2 Å². The minimum absolute atomic E-state index is 0.154. The van der Waals surface area contributed by atoms with Gasteiger partial charge >= 0.3 is 0 Å². The van der Waals surface area contributed by atoms with E-state index in [2.05, 4.69) is 57.4 Å². The molecule has 0 saturated heterocycles. The molecule has 0 aromatic heterocycles. The second-order valence-electron chi connectivity index (χ2n) is 6.14. The number of rotatable bonds is 8. The highest BCUT2D eigenvalue weighted by Crippen LogP contribution is 2.26. The first kappa shape index (κ1) is 19.1. The Hall–Kier alpha value is -2.71. The van der Waals surface area contributed by atoms with Gasteiger partial charge in [-0.3, -0.25) is 20.5 Å². The van der Waals surface area contributed by atoms with Gasteiger partial charge in [0.2, 0.25) is 5.91 Å². The minimum atomic E-state index is -0.218. The average molecular weight is 385 g/mol. The molecule has 7 nitrogen and oxygen atoms in total. The summed E-state index contributed by atoms with van der Waals surface area (Å²) in [4.78, 5) is 13.6. The standard InChI is InChI=1S/C19H24N6OS/c1-14-7-9-15(10-8-14)21-12-11-17-23-24-19(27-13-18(26)22-20)25(17)16-5-3-2-4-6-16/h2-10,19,21,24H,11-13,20H2,1H3,(H,22,26). The van der Waals surface area contributed by atoms with Crippen molar-refractivity contribution in [2.75, 3.05) is 22.5 Å². The largest absolute Gasteiger partial charge is 0.385 e. The summed E-state index contributed by atoms with van der Waals surface area (Å²) in [6.07, 6.45) is 0.746. The summed E-state index contributed by atoms with van der Waals surface area (Å²) in [6.45, 7) is 2.83. The first-order valence-corrected chi connectivity index (χ1v) is 9.80. The zero-order chi connectivity index (χ0) is 19.1. The summed E-state index contributed by atoms with van der Waals surface area (Å²) in [5, 5.41) is 7.92. The number of amidine groups is 1. The number of anilines is 2. The van der Waals surface area contributed by atoms with E-state index in [-0.39, 0.29) is 17.2 Å². The first-order valence-electron chi connectivity index (χ1n) is 8.75. The highest BCUT2D eigenvalue weighted by molar-refractivity contribution is 8.00. The highest BCUT2D eigenvalue weighted by Gasteiger charge is 2.29. The van der Waals surface area contributed by atoms with Crippen LogP contribution in [0, 0.1) is 6.92 Å². The van der Waals surface area contributed by atoms with E-state index in [1.165, 1.54) is 17.3 Å². The molecule has 1 amide bonds. The fraction of sp³-hybridized carbons (Fsp3) is 0.263. The van der Waals surface area contributed by atoms with Gasteiger partial charge in [0.1, 0.15) is 5.84 Å². The average Bonchev–Trinajstić information content (AvgIpc) is 3.11. The summed E-state index contributed by atoms with van der Waals surface area (Å²) in [5.41, 5.74) is 8.48. The second-order valence-corrected chi connectivity index (χ2v) is 7.20. The quantitative estimate of drug-likeness (QED) is 0.317. The number of nitrogens with zero attached hydrogens (tertiary/aromatic N) is 2. The van der Waals surface area contributed by atoms with Gasteiger partial charge in [-0.25, -0.2) is 5.84 Å². The predicted octanol–water partition coefficient (Wildman–Crippen LogP) is 2.23. The van der Waals surface area contributed by atoms with Crippen LogP contribution in [0.25, 0.3) is 0 Å². The number of hydrogen-bond acceptors (Lipinski definition) is 7. The van der Waals surface area contributed by atoms with Gasteiger partial charge in [0, 0.05) is 24.3 Å². The lowest BCUT2D eigenvalue weighted by molar-refractivity contribution is -0.118. The van der Waals surface area contributed by atoms with E-state index in [9.17, 15) is 4.79 Å². The van der Waals surface area contributed by atoms with Crippen molar-refractivity contribution in [2.45, 2.75) is 18.8 Å². The maximum atomic E-state index is 11.5. The van der Waals surface area contributed by atoms with Crippen molar-refractivity contribution in [1.29, 1.82) is 0 Å². The molecule has 2 aromatic carbocycles. The van der Waals surface area contributed by atoms with E-state index in [0.717, 1.165) is 30.2 Å². The van der Waals surface area contributed by atoms with E-state index in [4.69, 9.17) is 5.84 Å². The van der Waals surface area contributed by atoms with Gasteiger partial charge in [-0.1, -0.05) is 35.9 Å². The summed E-state index contributed by atoms with van der Waals surface area (Å²) < 4.78 is 0. The fourth-order valence-corrected chi connectivity index (χ4v) is 3.64. The molecule has 0 aliphatic carbocycles. The molecule has 0 spiro atoms. The van der Waals surface area contributed by atoms with Crippen molar-refractivity contribution in [3.63, 3.8) is 0 Å². The first-order chi connectivity index (χ1) is 13.2. The third-order valence-electron chi connectivity index (χ3n) is 4.11. The SMILES string of the molecule is Cc1ccc(NCCC2=NNC(SCC(=O)NN)N2c2ccccc2)cc1. The smallest absolute Gasteiger partial charge is 0.244 e. The summed E-state index contributed by atoms with van der Waals surface area (Å²) in [7, 11) is 0. The Labute approximate surface area is 163 Å². The van der Waals surface area contributed by atoms with E-state index in [1.807, 2.05) is 30.3 Å². The van der Waals surface area contributed by atoms with Crippen LogP contribution in [0.5, 0.6) is 0 Å². The molecule has 1 unspecified atom stereocenters. The third-order valence-corrected chi connectivity index (χ3v) is 5.17. The van der Waals surface area contributed by atoms with Crippen molar-refractivity contribution in [1.82, 2.24) is 10.9 Å². The van der Waals surface area contributed by atoms with Gasteiger partial charge < -0.3 is 5.32 Å². The molecule has 8 heteroatoms. The summed E-state index contributed by atoms with van der Waals surface area (Å²) in [6, 6.07) is 18.3. The van der Waals surface area contributed by atoms with Crippen LogP contribution in [0.4, 0.5) is 11.4 Å². The molecular weight excluding hydrogens is 360 g/mol. The number of nitrogens with one attached hydrogen (secondary N) is 3. The van der Waals surface area contributed by atoms with Crippen LogP contribution in [-0.4, -0.2) is 29.5 Å². The number of para-hydroxylation sites is 1. The second kappa shape index (κ2) is 9.29. The highest BCUT2D eigenvalue weighted by atomic mass is 32.2. The topological polar surface area (TPSA) is 94.8 Å². The lowest BCUT2D eigenvalue weighted by Crippen LogP contribution is -2.40. The van der Waals surface area contributed by atoms with Gasteiger partial charge in [-0.2, -0.15) is 5.10 Å². The molecule has 1 heterocycles. The monoisotopic (exact) mass is 384 g/mol. The molecule has 0 radical (unpaired) electrons. The molecular formula is C19H24N6OS. The van der Waals surface area contributed by atoms with Crippen molar-refractivity contribution < 1.29 is 4.79 Å². The molecule has 142 valence electrons. The molecule has 2 aromatic rings. The number of carbonyl (C=O) groups is 1. The maximum Gasteiger partial charge on any atom is 0.244 e. The Morgan fingerprint density at radius 2 is 1.96 bits per heavy atom. The number of hydrazone groups is 1. The molecule has 1 aliphatic heterocycles. The lowest BCUT2D eigenvalue weighted by atomic mass is 10.2. The van der Waals surface area contributed by atoms with Crippen LogP contribution in [0.1, 0.15) is 12.0 Å². The van der Waals surface area contributed by atoms with Crippen molar-refractivity contribution in [3.8, 4) is 0 Å². The van der Waals surface area contributed by atoms with Crippen LogP contribution in [-0.2, 0) is 4.79 Å². The molecule has 1 atom stereocenters.